The number of nitrogen functional groups attached to an aromatic ring is 1. The average molecular weight is 307 g/mol. The van der Waals surface area contributed by atoms with E-state index in [0.29, 0.717) is 27.9 Å². The van der Waals surface area contributed by atoms with Crippen LogP contribution in [-0.2, 0) is 6.42 Å². The van der Waals surface area contributed by atoms with Gasteiger partial charge >= 0.3 is 0 Å². The molecule has 3 nitrogen and oxygen atoms in total. The highest BCUT2D eigenvalue weighted by Crippen LogP contribution is 2.33. The third-order valence-corrected chi connectivity index (χ3v) is 4.52. The molecule has 0 heterocycles. The number of ketones is 2. The lowest BCUT2D eigenvalue weighted by Crippen LogP contribution is -2.23. The maximum Gasteiger partial charge on any atom is 0.196 e. The maximum atomic E-state index is 12.8. The van der Waals surface area contributed by atoms with Gasteiger partial charge < -0.3 is 5.73 Å². The topological polar surface area (TPSA) is 60.2 Å². The first-order valence-corrected chi connectivity index (χ1v) is 8.25. The largest absolute Gasteiger partial charge is 0.398 e. The van der Waals surface area contributed by atoms with Crippen LogP contribution in [0, 0.1) is 0 Å². The van der Waals surface area contributed by atoms with Crippen molar-refractivity contribution in [3.63, 3.8) is 0 Å². The van der Waals surface area contributed by atoms with Crippen LogP contribution in [0.4, 0.5) is 5.69 Å². The van der Waals surface area contributed by atoms with Crippen LogP contribution < -0.4 is 5.73 Å². The van der Waals surface area contributed by atoms with E-state index in [0.717, 1.165) is 24.8 Å². The lowest BCUT2D eigenvalue weighted by molar-refractivity contribution is 0.0979. The van der Waals surface area contributed by atoms with Gasteiger partial charge in [0.05, 0.1) is 5.56 Å². The van der Waals surface area contributed by atoms with E-state index in [-0.39, 0.29) is 11.6 Å². The third kappa shape index (κ3) is 2.67. The highest BCUT2D eigenvalue weighted by Gasteiger charge is 2.31. The summed E-state index contributed by atoms with van der Waals surface area (Å²) < 4.78 is 0. The summed E-state index contributed by atoms with van der Waals surface area (Å²) in [5, 5.41) is 0. The Morgan fingerprint density at radius 2 is 1.52 bits per heavy atom. The van der Waals surface area contributed by atoms with Gasteiger partial charge in [-0.1, -0.05) is 56.5 Å². The maximum absolute atomic E-state index is 12.8. The molecule has 0 aliphatic heterocycles. The number of fused-ring (bicyclic) bond motifs is 2. The van der Waals surface area contributed by atoms with Crippen molar-refractivity contribution in [2.45, 2.75) is 39.0 Å². The van der Waals surface area contributed by atoms with E-state index in [9.17, 15) is 9.59 Å². The first kappa shape index (κ1) is 15.5. The lowest BCUT2D eigenvalue weighted by atomic mass is 9.82. The number of hydrogen-bond donors (Lipinski definition) is 1. The van der Waals surface area contributed by atoms with Crippen LogP contribution in [0.15, 0.2) is 36.4 Å². The molecule has 1 aliphatic rings. The highest BCUT2D eigenvalue weighted by atomic mass is 16.1. The molecule has 0 saturated heterocycles. The number of benzene rings is 2. The SMILES string of the molecule is CCCCCCc1ccc2c(c1N)C(=O)c1ccccc1C2=O. The summed E-state index contributed by atoms with van der Waals surface area (Å²) >= 11 is 0. The fourth-order valence-corrected chi connectivity index (χ4v) is 3.22. The van der Waals surface area contributed by atoms with Crippen molar-refractivity contribution in [1.82, 2.24) is 0 Å². The zero-order valence-corrected chi connectivity index (χ0v) is 13.4. The predicted molar refractivity (Wildman–Crippen MR) is 92.0 cm³/mol. The van der Waals surface area contributed by atoms with Gasteiger partial charge in [0.2, 0.25) is 0 Å². The van der Waals surface area contributed by atoms with E-state index < -0.39 is 0 Å². The van der Waals surface area contributed by atoms with Crippen molar-refractivity contribution in [1.29, 1.82) is 0 Å². The molecule has 0 fully saturated rings. The standard InChI is InChI=1S/C20H21NO2/c1-2-3-4-5-8-13-11-12-16-17(18(13)21)20(23)15-10-7-6-9-14(15)19(16)22/h6-7,9-12H,2-5,8,21H2,1H3. The summed E-state index contributed by atoms with van der Waals surface area (Å²) in [4.78, 5) is 25.4. The molecule has 23 heavy (non-hydrogen) atoms. The molecule has 2 aromatic rings. The molecule has 0 unspecified atom stereocenters. The van der Waals surface area contributed by atoms with Gasteiger partial charge in [0.25, 0.3) is 0 Å². The molecule has 3 rings (SSSR count). The molecule has 118 valence electrons. The van der Waals surface area contributed by atoms with E-state index in [4.69, 9.17) is 5.73 Å². The van der Waals surface area contributed by atoms with Gasteiger partial charge in [0, 0.05) is 22.4 Å². The molecule has 3 heteroatoms. The molecule has 2 aromatic carbocycles. The van der Waals surface area contributed by atoms with Crippen molar-refractivity contribution in [2.75, 3.05) is 5.73 Å². The fraction of sp³-hybridized carbons (Fsp3) is 0.300. The summed E-state index contributed by atoms with van der Waals surface area (Å²) in [6, 6.07) is 10.6. The number of rotatable bonds is 5. The molecule has 0 atom stereocenters. The molecule has 0 amide bonds. The Balaban J connectivity index is 1.98. The molecular weight excluding hydrogens is 286 g/mol. The first-order chi connectivity index (χ1) is 11.1. The average Bonchev–Trinajstić information content (AvgIpc) is 2.57. The van der Waals surface area contributed by atoms with Crippen molar-refractivity contribution in [3.8, 4) is 0 Å². The van der Waals surface area contributed by atoms with E-state index >= 15 is 0 Å². The molecule has 0 spiro atoms. The Kier molecular flexibility index (Phi) is 4.28. The minimum Gasteiger partial charge on any atom is -0.398 e. The number of aryl methyl sites for hydroxylation is 1. The molecule has 0 saturated carbocycles. The van der Waals surface area contributed by atoms with Gasteiger partial charge in [-0.25, -0.2) is 0 Å². The van der Waals surface area contributed by atoms with Crippen LogP contribution in [0.3, 0.4) is 0 Å². The van der Waals surface area contributed by atoms with Gasteiger partial charge in [0.15, 0.2) is 11.6 Å². The van der Waals surface area contributed by atoms with Gasteiger partial charge in [-0.3, -0.25) is 9.59 Å². The summed E-state index contributed by atoms with van der Waals surface area (Å²) in [5.74, 6) is -0.248. The minimum absolute atomic E-state index is 0.112. The molecule has 1 aliphatic carbocycles. The monoisotopic (exact) mass is 307 g/mol. The Morgan fingerprint density at radius 1 is 0.826 bits per heavy atom. The van der Waals surface area contributed by atoms with Gasteiger partial charge in [-0.2, -0.15) is 0 Å². The summed E-state index contributed by atoms with van der Waals surface area (Å²) in [6.45, 7) is 2.18. The number of carbonyl (C=O) groups is 2. The Morgan fingerprint density at radius 3 is 2.22 bits per heavy atom. The Bertz CT molecular complexity index is 777. The zero-order chi connectivity index (χ0) is 16.4. The van der Waals surface area contributed by atoms with E-state index in [1.165, 1.54) is 12.8 Å². The van der Waals surface area contributed by atoms with Crippen molar-refractivity contribution in [2.24, 2.45) is 0 Å². The van der Waals surface area contributed by atoms with Crippen LogP contribution in [-0.4, -0.2) is 11.6 Å². The third-order valence-electron chi connectivity index (χ3n) is 4.52. The van der Waals surface area contributed by atoms with E-state index in [1.54, 1.807) is 30.3 Å². The first-order valence-electron chi connectivity index (χ1n) is 8.25. The predicted octanol–water partition coefficient (Wildman–Crippen LogP) is 4.17. The number of anilines is 1. The van der Waals surface area contributed by atoms with Gasteiger partial charge in [0.1, 0.15) is 0 Å². The zero-order valence-electron chi connectivity index (χ0n) is 13.4. The van der Waals surface area contributed by atoms with Crippen LogP contribution in [0.5, 0.6) is 0 Å². The van der Waals surface area contributed by atoms with Crippen LogP contribution >= 0.6 is 0 Å². The number of carbonyl (C=O) groups excluding carboxylic acids is 2. The van der Waals surface area contributed by atoms with Crippen LogP contribution in [0.2, 0.25) is 0 Å². The summed E-state index contributed by atoms with van der Waals surface area (Å²) in [7, 11) is 0. The molecular formula is C20H21NO2. The Hall–Kier alpha value is -2.42. The van der Waals surface area contributed by atoms with Crippen molar-refractivity contribution in [3.05, 3.63) is 64.2 Å². The fourth-order valence-electron chi connectivity index (χ4n) is 3.22. The smallest absolute Gasteiger partial charge is 0.196 e. The quantitative estimate of drug-likeness (QED) is 0.568. The molecule has 0 radical (unpaired) electrons. The van der Waals surface area contributed by atoms with Gasteiger partial charge in [-0.05, 0) is 24.5 Å². The van der Waals surface area contributed by atoms with E-state index in [2.05, 4.69) is 6.92 Å². The lowest BCUT2D eigenvalue weighted by Gasteiger charge is -2.20. The van der Waals surface area contributed by atoms with Crippen molar-refractivity contribution >= 4 is 17.3 Å². The second-order valence-electron chi connectivity index (χ2n) is 6.08. The van der Waals surface area contributed by atoms with Crippen molar-refractivity contribution < 1.29 is 9.59 Å². The van der Waals surface area contributed by atoms with E-state index in [1.807, 2.05) is 6.07 Å². The Labute approximate surface area is 136 Å². The van der Waals surface area contributed by atoms with Gasteiger partial charge in [-0.15, -0.1) is 0 Å². The number of hydrogen-bond acceptors (Lipinski definition) is 3. The normalized spacial score (nSPS) is 12.9. The number of nitrogens with two attached hydrogens (primary N) is 1. The molecule has 0 aromatic heterocycles. The van der Waals surface area contributed by atoms with Crippen LogP contribution in [0.1, 0.15) is 70.0 Å². The van der Waals surface area contributed by atoms with Crippen LogP contribution in [0.25, 0.3) is 0 Å². The second kappa shape index (κ2) is 6.37. The summed E-state index contributed by atoms with van der Waals surface area (Å²) in [5.41, 5.74) is 9.46. The minimum atomic E-state index is -0.136. The second-order valence-corrected chi connectivity index (χ2v) is 6.08. The summed E-state index contributed by atoms with van der Waals surface area (Å²) in [6.07, 6.45) is 5.44. The molecule has 0 bridgehead atoms. The highest BCUT2D eigenvalue weighted by molar-refractivity contribution is 6.30. The number of unbranched alkanes of at least 4 members (excludes halogenated alkanes) is 3. The molecule has 2 N–H and O–H groups in total.